The number of ether oxygens (including phenoxy) is 3. The smallest absolute Gasteiger partial charge is 0.337 e. The van der Waals surface area contributed by atoms with Crippen molar-refractivity contribution in [2.45, 2.75) is 25.7 Å². The number of esters is 2. The molecule has 5 nitrogen and oxygen atoms in total. The van der Waals surface area contributed by atoms with Crippen molar-refractivity contribution in [2.24, 2.45) is 0 Å². The van der Waals surface area contributed by atoms with Crippen LogP contribution in [0, 0.1) is 0 Å². The van der Waals surface area contributed by atoms with E-state index in [0.29, 0.717) is 17.6 Å². The van der Waals surface area contributed by atoms with Crippen molar-refractivity contribution in [3.05, 3.63) is 59.4 Å². The fourth-order valence-corrected chi connectivity index (χ4v) is 2.20. The summed E-state index contributed by atoms with van der Waals surface area (Å²) >= 11 is 0. The molecule has 2 heterocycles. The molecule has 0 bridgehead atoms. The Kier molecular flexibility index (Phi) is 3.48. The molecule has 1 aromatic carbocycles. The number of cyclic esters (lactones) is 2. The Hall–Kier alpha value is -2.56. The molecule has 0 N–H and O–H groups in total. The van der Waals surface area contributed by atoms with E-state index in [1.54, 1.807) is 13.0 Å². The Labute approximate surface area is 121 Å². The molecule has 108 valence electrons. The average Bonchev–Trinajstić information content (AvgIpc) is 3.01. The van der Waals surface area contributed by atoms with E-state index in [9.17, 15) is 9.59 Å². The molecule has 5 heteroatoms. The van der Waals surface area contributed by atoms with Crippen molar-refractivity contribution in [3.8, 4) is 0 Å². The van der Waals surface area contributed by atoms with Crippen molar-refractivity contribution < 1.29 is 23.8 Å². The van der Waals surface area contributed by atoms with Gasteiger partial charge in [-0.3, -0.25) is 0 Å². The third kappa shape index (κ3) is 2.81. The first kappa shape index (κ1) is 13.4. The van der Waals surface area contributed by atoms with Gasteiger partial charge in [0.15, 0.2) is 0 Å². The van der Waals surface area contributed by atoms with Crippen LogP contribution in [0.1, 0.15) is 25.0 Å². The van der Waals surface area contributed by atoms with E-state index in [0.717, 1.165) is 5.56 Å². The molecule has 3 rings (SSSR count). The first-order valence-corrected chi connectivity index (χ1v) is 6.63. The Bertz CT molecular complexity index is 629. The summed E-state index contributed by atoms with van der Waals surface area (Å²) in [5, 5.41) is 0. The lowest BCUT2D eigenvalue weighted by Crippen LogP contribution is -2.10. The summed E-state index contributed by atoms with van der Waals surface area (Å²) in [6.07, 6.45) is 2.25. The molecule has 2 aliphatic rings. The molecule has 1 fully saturated rings. The van der Waals surface area contributed by atoms with Crippen molar-refractivity contribution in [1.29, 1.82) is 0 Å². The maximum Gasteiger partial charge on any atom is 0.337 e. The zero-order valence-electron chi connectivity index (χ0n) is 11.4. The van der Waals surface area contributed by atoms with Crippen LogP contribution in [0.2, 0.25) is 0 Å². The molecule has 0 spiro atoms. The molecule has 2 aliphatic heterocycles. The molecular formula is C16H14O5. The Morgan fingerprint density at radius 3 is 2.57 bits per heavy atom. The molecular weight excluding hydrogens is 272 g/mol. The minimum absolute atomic E-state index is 0.294. The minimum atomic E-state index is -0.770. The van der Waals surface area contributed by atoms with Crippen LogP contribution in [0.4, 0.5) is 0 Å². The fourth-order valence-electron chi connectivity index (χ4n) is 2.20. The molecule has 0 amide bonds. The van der Waals surface area contributed by atoms with Gasteiger partial charge in [-0.2, -0.15) is 0 Å². The van der Waals surface area contributed by atoms with Crippen LogP contribution in [0.15, 0.2) is 53.8 Å². The van der Waals surface area contributed by atoms with E-state index in [-0.39, 0.29) is 6.10 Å². The Balaban J connectivity index is 1.66. The van der Waals surface area contributed by atoms with Gasteiger partial charge in [0, 0.05) is 18.1 Å². The lowest BCUT2D eigenvalue weighted by Gasteiger charge is -2.07. The zero-order chi connectivity index (χ0) is 14.8. The van der Waals surface area contributed by atoms with Crippen molar-refractivity contribution in [3.63, 3.8) is 0 Å². The molecule has 0 aliphatic carbocycles. The molecule has 1 saturated heterocycles. The van der Waals surface area contributed by atoms with Gasteiger partial charge in [-0.1, -0.05) is 30.3 Å². The average molecular weight is 286 g/mol. The van der Waals surface area contributed by atoms with E-state index in [1.165, 1.54) is 6.26 Å². The van der Waals surface area contributed by atoms with E-state index < -0.39 is 18.2 Å². The van der Waals surface area contributed by atoms with Gasteiger partial charge in [0.25, 0.3) is 6.29 Å². The van der Waals surface area contributed by atoms with Crippen LogP contribution in [0.25, 0.3) is 0 Å². The Morgan fingerprint density at radius 2 is 1.90 bits per heavy atom. The number of hydrogen-bond donors (Lipinski definition) is 0. The van der Waals surface area contributed by atoms with Crippen LogP contribution >= 0.6 is 0 Å². The predicted molar refractivity (Wildman–Crippen MR) is 72.7 cm³/mol. The van der Waals surface area contributed by atoms with Crippen LogP contribution < -0.4 is 0 Å². The van der Waals surface area contributed by atoms with E-state index in [4.69, 9.17) is 14.2 Å². The van der Waals surface area contributed by atoms with Gasteiger partial charge in [0.05, 0.1) is 11.8 Å². The van der Waals surface area contributed by atoms with Crippen LogP contribution in [0.5, 0.6) is 0 Å². The van der Waals surface area contributed by atoms with Crippen molar-refractivity contribution >= 4 is 11.9 Å². The van der Waals surface area contributed by atoms with Crippen LogP contribution in [-0.2, 0) is 23.8 Å². The molecule has 1 aromatic rings. The van der Waals surface area contributed by atoms with E-state index in [1.807, 2.05) is 30.3 Å². The maximum atomic E-state index is 11.8. The van der Waals surface area contributed by atoms with Crippen LogP contribution in [-0.4, -0.2) is 18.2 Å². The summed E-state index contributed by atoms with van der Waals surface area (Å²) in [7, 11) is 0. The van der Waals surface area contributed by atoms with Crippen LogP contribution in [0.3, 0.4) is 0 Å². The molecule has 0 radical (unpaired) electrons. The van der Waals surface area contributed by atoms with E-state index >= 15 is 0 Å². The lowest BCUT2D eigenvalue weighted by molar-refractivity contribution is -0.152. The van der Waals surface area contributed by atoms with E-state index in [2.05, 4.69) is 0 Å². The Morgan fingerprint density at radius 1 is 1.14 bits per heavy atom. The first-order valence-electron chi connectivity index (χ1n) is 6.63. The van der Waals surface area contributed by atoms with Gasteiger partial charge in [-0.15, -0.1) is 0 Å². The highest BCUT2D eigenvalue weighted by Gasteiger charge is 2.31. The molecule has 0 saturated carbocycles. The zero-order valence-corrected chi connectivity index (χ0v) is 11.4. The van der Waals surface area contributed by atoms with Gasteiger partial charge >= 0.3 is 11.9 Å². The highest BCUT2D eigenvalue weighted by Crippen LogP contribution is 2.33. The number of carbonyl (C=O) groups excluding carboxylic acids is 2. The summed E-state index contributed by atoms with van der Waals surface area (Å²) in [6, 6.07) is 9.52. The number of carbonyl (C=O) groups is 2. The third-order valence-corrected chi connectivity index (χ3v) is 3.36. The number of hydrogen-bond acceptors (Lipinski definition) is 5. The molecule has 2 atom stereocenters. The first-order chi connectivity index (χ1) is 10.1. The second-order valence-corrected chi connectivity index (χ2v) is 4.91. The second kappa shape index (κ2) is 5.44. The maximum absolute atomic E-state index is 11.8. The minimum Gasteiger partial charge on any atom is -0.458 e. The van der Waals surface area contributed by atoms with Crippen molar-refractivity contribution in [2.75, 3.05) is 0 Å². The summed E-state index contributed by atoms with van der Waals surface area (Å²) in [5.41, 5.74) is 1.87. The molecule has 0 unspecified atom stereocenters. The predicted octanol–water partition coefficient (Wildman–Crippen LogP) is 2.40. The highest BCUT2D eigenvalue weighted by atomic mass is 16.7. The SMILES string of the molecule is CC1=C[C@@H](O/C=C2\C[C@@H](c3ccccc3)OC2=O)OC1=O. The largest absolute Gasteiger partial charge is 0.458 e. The standard InChI is InChI=1S/C16H14O5/c1-10-7-14(21-15(10)17)19-9-12-8-13(20-16(12)18)11-5-3-2-4-6-11/h2-7,9,13-14H,8H2,1H3/b12-9+/t13-,14-/m0/s1. The molecule has 21 heavy (non-hydrogen) atoms. The van der Waals surface area contributed by atoms with Gasteiger partial charge in [-0.05, 0) is 12.5 Å². The number of benzene rings is 1. The second-order valence-electron chi connectivity index (χ2n) is 4.91. The quantitative estimate of drug-likeness (QED) is 0.485. The number of rotatable bonds is 3. The molecule has 0 aromatic heterocycles. The van der Waals surface area contributed by atoms with Gasteiger partial charge in [0.1, 0.15) is 6.10 Å². The van der Waals surface area contributed by atoms with Gasteiger partial charge in [0.2, 0.25) is 0 Å². The van der Waals surface area contributed by atoms with Gasteiger partial charge in [-0.25, -0.2) is 9.59 Å². The monoisotopic (exact) mass is 286 g/mol. The normalized spacial score (nSPS) is 26.5. The highest BCUT2D eigenvalue weighted by molar-refractivity contribution is 5.91. The summed E-state index contributed by atoms with van der Waals surface area (Å²) in [4.78, 5) is 23.0. The summed E-state index contributed by atoms with van der Waals surface area (Å²) < 4.78 is 15.5. The summed E-state index contributed by atoms with van der Waals surface area (Å²) in [6.45, 7) is 1.65. The third-order valence-electron chi connectivity index (χ3n) is 3.36. The van der Waals surface area contributed by atoms with Gasteiger partial charge < -0.3 is 14.2 Å². The fraction of sp³-hybridized carbons (Fsp3) is 0.250. The summed E-state index contributed by atoms with van der Waals surface area (Å²) in [5.74, 6) is -0.816. The topological polar surface area (TPSA) is 61.8 Å². The lowest BCUT2D eigenvalue weighted by atomic mass is 10.1. The van der Waals surface area contributed by atoms with Crippen molar-refractivity contribution in [1.82, 2.24) is 0 Å².